The molecule has 2 aromatic rings. The first-order valence-corrected chi connectivity index (χ1v) is 9.49. The van der Waals surface area contributed by atoms with Crippen molar-refractivity contribution in [2.24, 2.45) is 0 Å². The van der Waals surface area contributed by atoms with Crippen molar-refractivity contribution in [2.45, 2.75) is 25.7 Å². The second-order valence-corrected chi connectivity index (χ2v) is 6.58. The van der Waals surface area contributed by atoms with Crippen LogP contribution in [0.4, 0.5) is 22.7 Å². The monoisotopic (exact) mass is 446 g/mol. The fourth-order valence-electron chi connectivity index (χ4n) is 2.79. The number of anilines is 2. The van der Waals surface area contributed by atoms with Gasteiger partial charge in [0.15, 0.2) is 0 Å². The number of carbonyl (C=O) groups excluding carboxylic acids is 2. The Morgan fingerprint density at radius 2 is 1.16 bits per heavy atom. The lowest BCUT2D eigenvalue weighted by Gasteiger charge is -2.08. The van der Waals surface area contributed by atoms with Crippen LogP contribution in [0.2, 0.25) is 0 Å². The summed E-state index contributed by atoms with van der Waals surface area (Å²) in [5.41, 5.74) is -0.493. The van der Waals surface area contributed by atoms with Gasteiger partial charge in [-0.05, 0) is 37.1 Å². The van der Waals surface area contributed by atoms with E-state index in [9.17, 15) is 29.8 Å². The van der Waals surface area contributed by atoms with Crippen LogP contribution >= 0.6 is 0 Å². The van der Waals surface area contributed by atoms with E-state index in [0.717, 1.165) is 0 Å². The number of amides is 2. The number of benzene rings is 2. The highest BCUT2D eigenvalue weighted by Gasteiger charge is 2.18. The maximum Gasteiger partial charge on any atom is 0.296 e. The molecule has 0 aliphatic heterocycles. The van der Waals surface area contributed by atoms with Crippen molar-refractivity contribution < 1.29 is 28.9 Å². The summed E-state index contributed by atoms with van der Waals surface area (Å²) >= 11 is 0. The number of hydrogen-bond acceptors (Lipinski definition) is 8. The second kappa shape index (κ2) is 11.2. The number of nitro benzene ring substituents is 2. The van der Waals surface area contributed by atoms with Gasteiger partial charge in [-0.2, -0.15) is 0 Å². The topological polar surface area (TPSA) is 163 Å². The molecule has 0 radical (unpaired) electrons. The molecule has 0 aliphatic rings. The van der Waals surface area contributed by atoms with Crippen molar-refractivity contribution >= 4 is 34.6 Å². The van der Waals surface area contributed by atoms with Gasteiger partial charge in [0.05, 0.1) is 36.2 Å². The predicted molar refractivity (Wildman–Crippen MR) is 115 cm³/mol. The smallest absolute Gasteiger partial charge is 0.296 e. The van der Waals surface area contributed by atoms with Crippen LogP contribution in [0.3, 0.4) is 0 Å². The average molecular weight is 446 g/mol. The van der Waals surface area contributed by atoms with Crippen molar-refractivity contribution in [1.29, 1.82) is 0 Å². The molecular weight excluding hydrogens is 424 g/mol. The van der Waals surface area contributed by atoms with Crippen molar-refractivity contribution in [3.05, 3.63) is 56.6 Å². The van der Waals surface area contributed by atoms with Gasteiger partial charge in [-0.3, -0.25) is 29.8 Å². The maximum atomic E-state index is 12.1. The number of nitrogens with zero attached hydrogens (tertiary/aromatic N) is 2. The molecule has 0 saturated heterocycles. The molecule has 0 aliphatic carbocycles. The minimum absolute atomic E-state index is 0.0408. The van der Waals surface area contributed by atoms with Crippen LogP contribution in [0, 0.1) is 20.2 Å². The third-order valence-electron chi connectivity index (χ3n) is 4.41. The first-order chi connectivity index (χ1) is 15.2. The Bertz CT molecular complexity index is 943. The second-order valence-electron chi connectivity index (χ2n) is 6.58. The van der Waals surface area contributed by atoms with E-state index < -0.39 is 21.7 Å². The van der Waals surface area contributed by atoms with Crippen LogP contribution in [-0.4, -0.2) is 35.9 Å². The van der Waals surface area contributed by atoms with Crippen LogP contribution < -0.4 is 20.1 Å². The fraction of sp³-hybridized carbons (Fsp3) is 0.300. The molecule has 0 spiro atoms. The molecule has 2 amide bonds. The molecule has 12 heteroatoms. The maximum absolute atomic E-state index is 12.1. The van der Waals surface area contributed by atoms with Gasteiger partial charge >= 0.3 is 0 Å². The lowest BCUT2D eigenvalue weighted by molar-refractivity contribution is -0.384. The number of methoxy groups -OCH3 is 2. The fourth-order valence-corrected chi connectivity index (χ4v) is 2.79. The summed E-state index contributed by atoms with van der Waals surface area (Å²) in [7, 11) is 2.75. The highest BCUT2D eigenvalue weighted by atomic mass is 16.6. The Labute approximate surface area is 182 Å². The Kier molecular flexibility index (Phi) is 8.45. The Hall–Kier alpha value is -4.22. The minimum Gasteiger partial charge on any atom is -0.496 e. The normalized spacial score (nSPS) is 10.2. The highest BCUT2D eigenvalue weighted by molar-refractivity contribution is 5.94. The predicted octanol–water partition coefficient (Wildman–Crippen LogP) is 3.66. The SMILES string of the molecule is COc1ccc(NC(=O)CCCCC(=O)Nc2ccc(OC)cc2[N+](=O)[O-])c([N+](=O)[O-])c1. The van der Waals surface area contributed by atoms with E-state index in [0.29, 0.717) is 12.8 Å². The van der Waals surface area contributed by atoms with Gasteiger partial charge < -0.3 is 20.1 Å². The summed E-state index contributed by atoms with van der Waals surface area (Å²) in [6, 6.07) is 8.15. The van der Waals surface area contributed by atoms with E-state index in [1.165, 1.54) is 50.6 Å². The van der Waals surface area contributed by atoms with E-state index in [-0.39, 0.29) is 47.1 Å². The minimum atomic E-state index is -0.624. The summed E-state index contributed by atoms with van der Waals surface area (Å²) < 4.78 is 9.89. The van der Waals surface area contributed by atoms with Crippen LogP contribution in [0.5, 0.6) is 11.5 Å². The summed E-state index contributed by atoms with van der Waals surface area (Å²) in [6.07, 6.45) is 0.764. The molecule has 0 bridgehead atoms. The number of hydrogen-bond donors (Lipinski definition) is 2. The highest BCUT2D eigenvalue weighted by Crippen LogP contribution is 2.30. The van der Waals surface area contributed by atoms with E-state index in [4.69, 9.17) is 9.47 Å². The third-order valence-corrected chi connectivity index (χ3v) is 4.41. The van der Waals surface area contributed by atoms with Gasteiger partial charge in [0.2, 0.25) is 11.8 Å². The Morgan fingerprint density at radius 1 is 0.781 bits per heavy atom. The zero-order valence-electron chi connectivity index (χ0n) is 17.5. The van der Waals surface area contributed by atoms with Crippen LogP contribution in [0.25, 0.3) is 0 Å². The summed E-state index contributed by atoms with van der Waals surface area (Å²) in [4.78, 5) is 45.3. The van der Waals surface area contributed by atoms with Crippen molar-refractivity contribution in [3.8, 4) is 11.5 Å². The summed E-state index contributed by atoms with van der Waals surface area (Å²) in [5.74, 6) is -0.301. The lowest BCUT2D eigenvalue weighted by Crippen LogP contribution is -2.14. The molecule has 12 nitrogen and oxygen atoms in total. The van der Waals surface area contributed by atoms with Gasteiger partial charge in [-0.1, -0.05) is 0 Å². The molecule has 0 saturated carbocycles. The number of unbranched alkanes of at least 4 members (excludes halogenated alkanes) is 1. The first-order valence-electron chi connectivity index (χ1n) is 9.49. The standard InChI is InChI=1S/C20H22N4O8/c1-31-13-7-9-15(17(11-13)23(27)28)21-19(25)5-3-4-6-20(26)22-16-10-8-14(32-2)12-18(16)24(29)30/h7-12H,3-6H2,1-2H3,(H,21,25)(H,22,26). The molecule has 170 valence electrons. The van der Waals surface area contributed by atoms with Gasteiger partial charge in [0.25, 0.3) is 11.4 Å². The molecule has 2 rings (SSSR count). The van der Waals surface area contributed by atoms with E-state index in [2.05, 4.69) is 10.6 Å². The van der Waals surface area contributed by atoms with Crippen molar-refractivity contribution in [2.75, 3.05) is 24.9 Å². The average Bonchev–Trinajstić information content (AvgIpc) is 2.77. The number of carbonyl (C=O) groups is 2. The van der Waals surface area contributed by atoms with Gasteiger partial charge in [0.1, 0.15) is 22.9 Å². The Morgan fingerprint density at radius 3 is 1.47 bits per heavy atom. The number of ether oxygens (including phenoxy) is 2. The first kappa shape index (κ1) is 24.1. The molecule has 0 atom stereocenters. The Balaban J connectivity index is 1.84. The zero-order valence-corrected chi connectivity index (χ0v) is 17.5. The molecular formula is C20H22N4O8. The molecule has 0 heterocycles. The quantitative estimate of drug-likeness (QED) is 0.300. The molecule has 0 aromatic heterocycles. The lowest BCUT2D eigenvalue weighted by atomic mass is 10.1. The van der Waals surface area contributed by atoms with Crippen molar-refractivity contribution in [3.63, 3.8) is 0 Å². The number of nitro groups is 2. The van der Waals surface area contributed by atoms with Crippen molar-refractivity contribution in [1.82, 2.24) is 0 Å². The molecule has 0 fully saturated rings. The molecule has 0 unspecified atom stereocenters. The van der Waals surface area contributed by atoms with Gasteiger partial charge in [-0.15, -0.1) is 0 Å². The van der Waals surface area contributed by atoms with Gasteiger partial charge in [-0.25, -0.2) is 0 Å². The summed E-state index contributed by atoms with van der Waals surface area (Å²) in [5, 5.41) is 27.3. The van der Waals surface area contributed by atoms with E-state index in [1.54, 1.807) is 0 Å². The van der Waals surface area contributed by atoms with Crippen LogP contribution in [0.1, 0.15) is 25.7 Å². The molecule has 2 N–H and O–H groups in total. The number of rotatable bonds is 11. The van der Waals surface area contributed by atoms with Gasteiger partial charge in [0, 0.05) is 12.8 Å². The molecule has 32 heavy (non-hydrogen) atoms. The van der Waals surface area contributed by atoms with E-state index >= 15 is 0 Å². The van der Waals surface area contributed by atoms with Crippen LogP contribution in [-0.2, 0) is 9.59 Å². The molecule has 2 aromatic carbocycles. The third kappa shape index (κ3) is 6.65. The number of nitrogens with one attached hydrogen (secondary N) is 2. The van der Waals surface area contributed by atoms with E-state index in [1.807, 2.05) is 0 Å². The van der Waals surface area contributed by atoms with Crippen LogP contribution in [0.15, 0.2) is 36.4 Å². The zero-order chi connectivity index (χ0) is 23.7. The summed E-state index contributed by atoms with van der Waals surface area (Å²) in [6.45, 7) is 0. The largest absolute Gasteiger partial charge is 0.496 e.